The Balaban J connectivity index is 1.71. The van der Waals surface area contributed by atoms with Crippen LogP contribution in [-0.2, 0) is 9.53 Å². The summed E-state index contributed by atoms with van der Waals surface area (Å²) in [5, 5.41) is 9.56. The van der Waals surface area contributed by atoms with Crippen molar-refractivity contribution in [1.29, 1.82) is 0 Å². The molecule has 1 amide bonds. The summed E-state index contributed by atoms with van der Waals surface area (Å²) >= 11 is 0. The molecule has 1 aromatic heterocycles. The van der Waals surface area contributed by atoms with Gasteiger partial charge in [0, 0.05) is 48.8 Å². The van der Waals surface area contributed by atoms with E-state index >= 15 is 0 Å². The fraction of sp³-hybridized carbons (Fsp3) is 0.421. The number of carbonyl (C=O) groups excluding carboxylic acids is 1. The van der Waals surface area contributed by atoms with Crippen molar-refractivity contribution in [2.45, 2.75) is 39.2 Å². The maximum absolute atomic E-state index is 11.6. The van der Waals surface area contributed by atoms with Crippen molar-refractivity contribution in [3.8, 4) is 0 Å². The summed E-state index contributed by atoms with van der Waals surface area (Å²) in [4.78, 5) is 20.6. The molecule has 1 fully saturated rings. The normalized spacial score (nSPS) is 14.7. The van der Waals surface area contributed by atoms with Crippen LogP contribution < -0.4 is 16.0 Å². The maximum Gasteiger partial charge on any atom is 0.224 e. The highest BCUT2D eigenvalue weighted by Crippen LogP contribution is 2.22. The Morgan fingerprint density at radius 1 is 1.27 bits per heavy atom. The minimum atomic E-state index is -0.0108. The van der Waals surface area contributed by atoms with E-state index in [-0.39, 0.29) is 5.91 Å². The highest BCUT2D eigenvalue weighted by atomic mass is 16.5. The Morgan fingerprint density at radius 3 is 2.81 bits per heavy atom. The van der Waals surface area contributed by atoms with Gasteiger partial charge >= 0.3 is 0 Å². The molecule has 0 atom stereocenters. The first-order valence-corrected chi connectivity index (χ1v) is 8.99. The second-order valence-corrected chi connectivity index (χ2v) is 6.36. The van der Waals surface area contributed by atoms with Crippen molar-refractivity contribution < 1.29 is 9.53 Å². The second-order valence-electron chi connectivity index (χ2n) is 6.36. The third-order valence-corrected chi connectivity index (χ3v) is 4.26. The largest absolute Gasteiger partial charge is 0.381 e. The van der Waals surface area contributed by atoms with Gasteiger partial charge in [-0.3, -0.25) is 4.79 Å². The first kappa shape index (κ1) is 18.1. The Labute approximate surface area is 153 Å². The number of nitrogens with one attached hydrogen (secondary N) is 3. The van der Waals surface area contributed by atoms with Crippen molar-refractivity contribution in [3.63, 3.8) is 0 Å². The lowest BCUT2D eigenvalue weighted by Crippen LogP contribution is -2.28. The Morgan fingerprint density at radius 2 is 2.04 bits per heavy atom. The summed E-state index contributed by atoms with van der Waals surface area (Å²) in [6, 6.07) is 7.93. The highest BCUT2D eigenvalue weighted by Gasteiger charge is 2.15. The number of amides is 1. The van der Waals surface area contributed by atoms with E-state index in [2.05, 4.69) is 25.9 Å². The minimum absolute atomic E-state index is 0.0108. The zero-order valence-electron chi connectivity index (χ0n) is 15.2. The van der Waals surface area contributed by atoms with E-state index < -0.39 is 0 Å². The first-order valence-electron chi connectivity index (χ1n) is 8.99. The number of nitrogens with zero attached hydrogens (tertiary/aromatic N) is 2. The van der Waals surface area contributed by atoms with E-state index in [4.69, 9.17) is 4.74 Å². The van der Waals surface area contributed by atoms with Crippen LogP contribution in [-0.4, -0.2) is 35.1 Å². The number of aryl methyl sites for hydroxylation is 1. The maximum atomic E-state index is 11.6. The first-order chi connectivity index (χ1) is 12.6. The lowest BCUT2D eigenvalue weighted by Gasteiger charge is -2.23. The summed E-state index contributed by atoms with van der Waals surface area (Å²) in [7, 11) is 0. The molecule has 138 valence electrons. The van der Waals surface area contributed by atoms with Gasteiger partial charge in [0.25, 0.3) is 0 Å². The molecular weight excluding hydrogens is 330 g/mol. The Hall–Kier alpha value is -2.67. The third-order valence-electron chi connectivity index (χ3n) is 4.26. The molecule has 2 aromatic rings. The van der Waals surface area contributed by atoms with Crippen molar-refractivity contribution in [3.05, 3.63) is 36.0 Å². The molecule has 26 heavy (non-hydrogen) atoms. The van der Waals surface area contributed by atoms with Crippen LogP contribution in [0.4, 0.5) is 23.1 Å². The van der Waals surface area contributed by atoms with E-state index in [1.54, 1.807) is 6.20 Å². The molecule has 0 unspecified atom stereocenters. The Bertz CT molecular complexity index is 759. The minimum Gasteiger partial charge on any atom is -0.381 e. The monoisotopic (exact) mass is 355 g/mol. The van der Waals surface area contributed by atoms with E-state index in [0.717, 1.165) is 48.8 Å². The van der Waals surface area contributed by atoms with Gasteiger partial charge in [-0.1, -0.05) is 13.0 Å². The number of ether oxygens (including phenoxy) is 1. The average Bonchev–Trinajstić information content (AvgIpc) is 2.65. The molecule has 7 heteroatoms. The Kier molecular flexibility index (Phi) is 6.01. The van der Waals surface area contributed by atoms with Gasteiger partial charge in [0.2, 0.25) is 11.9 Å². The molecule has 0 saturated carbocycles. The fourth-order valence-electron chi connectivity index (χ4n) is 2.72. The van der Waals surface area contributed by atoms with Gasteiger partial charge in [0.1, 0.15) is 5.82 Å². The van der Waals surface area contributed by atoms with Gasteiger partial charge in [-0.2, -0.15) is 4.98 Å². The standard InChI is InChI=1S/C19H25N5O2/c1-3-17(25)21-15-5-4-6-16(11-15)22-18-13(2)12-20-19(24-18)23-14-7-9-26-10-8-14/h4-6,11-12,14H,3,7-10H2,1-2H3,(H,21,25)(H2,20,22,23,24). The number of rotatable bonds is 6. The molecule has 1 aromatic carbocycles. The molecule has 3 rings (SSSR count). The number of carbonyl (C=O) groups is 1. The zero-order chi connectivity index (χ0) is 18.4. The zero-order valence-corrected chi connectivity index (χ0v) is 15.2. The molecule has 1 aliphatic rings. The van der Waals surface area contributed by atoms with Gasteiger partial charge in [-0.15, -0.1) is 0 Å². The van der Waals surface area contributed by atoms with Crippen LogP contribution in [0.25, 0.3) is 0 Å². The van der Waals surface area contributed by atoms with Gasteiger partial charge in [0.05, 0.1) is 0 Å². The van der Waals surface area contributed by atoms with Gasteiger partial charge in [0.15, 0.2) is 0 Å². The molecule has 0 aliphatic carbocycles. The number of anilines is 4. The van der Waals surface area contributed by atoms with Crippen molar-refractivity contribution >= 4 is 29.0 Å². The summed E-state index contributed by atoms with van der Waals surface area (Å²) in [5.41, 5.74) is 2.57. The van der Waals surface area contributed by atoms with Crippen molar-refractivity contribution in [1.82, 2.24) is 9.97 Å². The number of aromatic nitrogens is 2. The van der Waals surface area contributed by atoms with Crippen LogP contribution in [0.3, 0.4) is 0 Å². The lowest BCUT2D eigenvalue weighted by atomic mass is 10.1. The summed E-state index contributed by atoms with van der Waals surface area (Å²) < 4.78 is 5.38. The van der Waals surface area contributed by atoms with Crippen LogP contribution >= 0.6 is 0 Å². The molecule has 0 radical (unpaired) electrons. The van der Waals surface area contributed by atoms with Gasteiger partial charge in [-0.05, 0) is 38.0 Å². The lowest BCUT2D eigenvalue weighted by molar-refractivity contribution is -0.115. The summed E-state index contributed by atoms with van der Waals surface area (Å²) in [6.45, 7) is 5.33. The van der Waals surface area contributed by atoms with Gasteiger partial charge in [-0.25, -0.2) is 4.98 Å². The molecule has 1 saturated heterocycles. The number of hydrogen-bond acceptors (Lipinski definition) is 6. The average molecular weight is 355 g/mol. The SMILES string of the molecule is CCC(=O)Nc1cccc(Nc2nc(NC3CCOCC3)ncc2C)c1. The van der Waals surface area contributed by atoms with Gasteiger partial charge < -0.3 is 20.7 Å². The van der Waals surface area contributed by atoms with Crippen LogP contribution in [0.2, 0.25) is 0 Å². The van der Waals surface area contributed by atoms with E-state index in [0.29, 0.717) is 18.4 Å². The molecule has 2 heterocycles. The quantitative estimate of drug-likeness (QED) is 0.735. The predicted octanol–water partition coefficient (Wildman–Crippen LogP) is 3.47. The van der Waals surface area contributed by atoms with Crippen LogP contribution in [0.5, 0.6) is 0 Å². The molecular formula is C19H25N5O2. The number of benzene rings is 1. The highest BCUT2D eigenvalue weighted by molar-refractivity contribution is 5.91. The van der Waals surface area contributed by atoms with Crippen molar-refractivity contribution in [2.24, 2.45) is 0 Å². The van der Waals surface area contributed by atoms with E-state index in [1.165, 1.54) is 0 Å². The number of hydrogen-bond donors (Lipinski definition) is 3. The smallest absolute Gasteiger partial charge is 0.224 e. The predicted molar refractivity (Wildman–Crippen MR) is 103 cm³/mol. The van der Waals surface area contributed by atoms with Crippen LogP contribution in [0, 0.1) is 6.92 Å². The molecule has 0 spiro atoms. The van der Waals surface area contributed by atoms with E-state index in [9.17, 15) is 4.79 Å². The van der Waals surface area contributed by atoms with Crippen LogP contribution in [0.1, 0.15) is 31.7 Å². The molecule has 7 nitrogen and oxygen atoms in total. The summed E-state index contributed by atoms with van der Waals surface area (Å²) in [5.74, 6) is 1.34. The van der Waals surface area contributed by atoms with Crippen LogP contribution in [0.15, 0.2) is 30.5 Å². The van der Waals surface area contributed by atoms with E-state index in [1.807, 2.05) is 38.1 Å². The molecule has 3 N–H and O–H groups in total. The second kappa shape index (κ2) is 8.62. The summed E-state index contributed by atoms with van der Waals surface area (Å²) in [6.07, 6.45) is 4.17. The molecule has 0 bridgehead atoms. The topological polar surface area (TPSA) is 88.2 Å². The van der Waals surface area contributed by atoms with Crippen molar-refractivity contribution in [2.75, 3.05) is 29.2 Å². The molecule has 1 aliphatic heterocycles. The fourth-order valence-corrected chi connectivity index (χ4v) is 2.72. The third kappa shape index (κ3) is 4.92.